The molecule has 0 amide bonds. The maximum absolute atomic E-state index is 6.29. The fraction of sp³-hybridized carbons (Fsp3) is 1.00. The monoisotopic (exact) mass is 668 g/mol. The molecule has 3 saturated heterocycles. The van der Waals surface area contributed by atoms with Gasteiger partial charge in [0.15, 0.2) is 18.9 Å². The SMILES string of the molecule is CCC(OCCSC(COC(CC)OC1(CC)OCC(C)O1)COC(CC)OC1(CC)OCC(C)O1)OC1(CC)OCC(C)O1. The van der Waals surface area contributed by atoms with Gasteiger partial charge in [0.2, 0.25) is 0 Å². The Balaban J connectivity index is 1.56. The predicted octanol–water partition coefficient (Wildman–Crippen LogP) is 5.89. The molecule has 266 valence electrons. The van der Waals surface area contributed by atoms with Crippen molar-refractivity contribution in [3.8, 4) is 0 Å². The van der Waals surface area contributed by atoms with Gasteiger partial charge in [-0.2, -0.15) is 11.8 Å². The lowest BCUT2D eigenvalue weighted by Gasteiger charge is -2.32. The lowest BCUT2D eigenvalue weighted by Crippen LogP contribution is -2.40. The van der Waals surface area contributed by atoms with Crippen molar-refractivity contribution >= 4 is 11.8 Å². The van der Waals surface area contributed by atoms with E-state index in [4.69, 9.17) is 56.8 Å². The largest absolute Gasteiger partial charge is 0.352 e. The third kappa shape index (κ3) is 12.1. The molecule has 0 aromatic rings. The first kappa shape index (κ1) is 39.3. The molecule has 0 aliphatic carbocycles. The van der Waals surface area contributed by atoms with Crippen molar-refractivity contribution in [3.63, 3.8) is 0 Å². The molecule has 9 unspecified atom stereocenters. The molecule has 0 N–H and O–H groups in total. The molecular formula is C32H60O12S. The molecular weight excluding hydrogens is 608 g/mol. The summed E-state index contributed by atoms with van der Waals surface area (Å²) >= 11 is 1.69. The minimum atomic E-state index is -1.09. The van der Waals surface area contributed by atoms with Crippen LogP contribution < -0.4 is 0 Å². The quantitative estimate of drug-likeness (QED) is 0.0954. The molecule has 3 aliphatic heterocycles. The number of ether oxygens (including phenoxy) is 12. The van der Waals surface area contributed by atoms with Crippen LogP contribution in [0.25, 0.3) is 0 Å². The van der Waals surface area contributed by atoms with E-state index in [1.54, 1.807) is 11.8 Å². The summed E-state index contributed by atoms with van der Waals surface area (Å²) in [5, 5.41) is -0.0435. The van der Waals surface area contributed by atoms with Gasteiger partial charge in [0.1, 0.15) is 0 Å². The summed E-state index contributed by atoms with van der Waals surface area (Å²) in [7, 11) is 0. The van der Waals surface area contributed by atoms with E-state index in [9.17, 15) is 0 Å². The molecule has 12 nitrogen and oxygen atoms in total. The van der Waals surface area contributed by atoms with Crippen LogP contribution in [0.1, 0.15) is 101 Å². The molecule has 0 spiro atoms. The normalized spacial score (nSPS) is 34.7. The molecule has 3 fully saturated rings. The van der Waals surface area contributed by atoms with E-state index >= 15 is 0 Å². The zero-order valence-corrected chi connectivity index (χ0v) is 29.9. The van der Waals surface area contributed by atoms with Crippen molar-refractivity contribution in [1.29, 1.82) is 0 Å². The number of rotatable bonds is 23. The highest BCUT2D eigenvalue weighted by molar-refractivity contribution is 7.99. The minimum Gasteiger partial charge on any atom is -0.352 e. The Bertz CT molecular complexity index is 785. The molecule has 3 rings (SSSR count). The van der Waals surface area contributed by atoms with E-state index in [0.29, 0.717) is 83.9 Å². The topological polar surface area (TPSA) is 111 Å². The molecule has 0 aromatic carbocycles. The Morgan fingerprint density at radius 1 is 0.578 bits per heavy atom. The number of hydrogen-bond donors (Lipinski definition) is 0. The molecule has 0 aromatic heterocycles. The van der Waals surface area contributed by atoms with Gasteiger partial charge in [0, 0.05) is 25.0 Å². The van der Waals surface area contributed by atoms with Gasteiger partial charge in [-0.05, 0) is 40.0 Å². The first-order valence-electron chi connectivity index (χ1n) is 17.0. The summed E-state index contributed by atoms with van der Waals surface area (Å²) in [5.41, 5.74) is 0. The van der Waals surface area contributed by atoms with Crippen molar-refractivity contribution in [2.24, 2.45) is 0 Å². The molecule has 3 heterocycles. The van der Waals surface area contributed by atoms with Gasteiger partial charge in [-0.1, -0.05) is 41.5 Å². The van der Waals surface area contributed by atoms with Crippen molar-refractivity contribution in [2.75, 3.05) is 45.4 Å². The zero-order valence-electron chi connectivity index (χ0n) is 29.0. The van der Waals surface area contributed by atoms with Crippen LogP contribution in [0.3, 0.4) is 0 Å². The lowest BCUT2D eigenvalue weighted by atomic mass is 10.4. The number of hydrogen-bond acceptors (Lipinski definition) is 13. The van der Waals surface area contributed by atoms with E-state index in [0.717, 1.165) is 0 Å². The summed E-state index contributed by atoms with van der Waals surface area (Å²) in [6.07, 6.45) is 2.07. The third-order valence-electron chi connectivity index (χ3n) is 7.66. The third-order valence-corrected chi connectivity index (χ3v) is 8.81. The lowest BCUT2D eigenvalue weighted by molar-refractivity contribution is -0.388. The summed E-state index contributed by atoms with van der Waals surface area (Å²) in [4.78, 5) is 0. The molecule has 13 heteroatoms. The van der Waals surface area contributed by atoms with Gasteiger partial charge in [0.25, 0.3) is 17.9 Å². The van der Waals surface area contributed by atoms with Crippen LogP contribution in [0.15, 0.2) is 0 Å². The van der Waals surface area contributed by atoms with Crippen LogP contribution in [-0.4, -0.2) is 106 Å². The Labute approximate surface area is 275 Å². The molecule has 0 saturated carbocycles. The fourth-order valence-corrected chi connectivity index (χ4v) is 6.00. The fourth-order valence-electron chi connectivity index (χ4n) is 5.12. The molecule has 0 bridgehead atoms. The zero-order chi connectivity index (χ0) is 32.9. The van der Waals surface area contributed by atoms with Crippen LogP contribution in [0.4, 0.5) is 0 Å². The highest BCUT2D eigenvalue weighted by Gasteiger charge is 2.44. The molecule has 9 atom stereocenters. The van der Waals surface area contributed by atoms with Gasteiger partial charge in [-0.3, -0.25) is 14.2 Å². The minimum absolute atomic E-state index is 0.0181. The molecule has 0 radical (unpaired) electrons. The van der Waals surface area contributed by atoms with Crippen LogP contribution in [0, 0.1) is 0 Å². The Morgan fingerprint density at radius 3 is 1.22 bits per heavy atom. The van der Waals surface area contributed by atoms with E-state index in [2.05, 4.69) is 0 Å². The van der Waals surface area contributed by atoms with Crippen LogP contribution in [0.2, 0.25) is 0 Å². The van der Waals surface area contributed by atoms with E-state index < -0.39 is 36.8 Å². The highest BCUT2D eigenvalue weighted by atomic mass is 32.2. The van der Waals surface area contributed by atoms with Gasteiger partial charge in [-0.25, -0.2) is 0 Å². The second kappa shape index (κ2) is 19.2. The Morgan fingerprint density at radius 2 is 0.933 bits per heavy atom. The summed E-state index contributed by atoms with van der Waals surface area (Å²) in [6.45, 7) is 20.6. The van der Waals surface area contributed by atoms with E-state index in [-0.39, 0.29) is 23.6 Å². The van der Waals surface area contributed by atoms with Crippen LogP contribution >= 0.6 is 11.8 Å². The maximum Gasteiger partial charge on any atom is 0.285 e. The summed E-state index contributed by atoms with van der Waals surface area (Å²) in [5.74, 6) is -2.54. The van der Waals surface area contributed by atoms with Gasteiger partial charge < -0.3 is 42.6 Å². The highest BCUT2D eigenvalue weighted by Crippen LogP contribution is 2.33. The first-order valence-corrected chi connectivity index (χ1v) is 18.1. The van der Waals surface area contributed by atoms with Crippen molar-refractivity contribution in [1.82, 2.24) is 0 Å². The summed E-state index contributed by atoms with van der Waals surface area (Å²) in [6, 6.07) is 0. The average molecular weight is 669 g/mol. The van der Waals surface area contributed by atoms with Gasteiger partial charge >= 0.3 is 0 Å². The Hall–Kier alpha value is -0.130. The van der Waals surface area contributed by atoms with E-state index in [1.165, 1.54) is 0 Å². The smallest absolute Gasteiger partial charge is 0.285 e. The van der Waals surface area contributed by atoms with Crippen molar-refractivity contribution < 1.29 is 56.8 Å². The maximum atomic E-state index is 6.29. The van der Waals surface area contributed by atoms with Crippen LogP contribution in [0.5, 0.6) is 0 Å². The van der Waals surface area contributed by atoms with Gasteiger partial charge in [0.05, 0.1) is 63.2 Å². The number of thioether (sulfide) groups is 1. The first-order chi connectivity index (χ1) is 21.6. The average Bonchev–Trinajstić information content (AvgIpc) is 3.74. The van der Waals surface area contributed by atoms with E-state index in [1.807, 2.05) is 62.3 Å². The van der Waals surface area contributed by atoms with Gasteiger partial charge in [-0.15, -0.1) is 0 Å². The predicted molar refractivity (Wildman–Crippen MR) is 168 cm³/mol. The van der Waals surface area contributed by atoms with Crippen molar-refractivity contribution in [3.05, 3.63) is 0 Å². The molecule has 3 aliphatic rings. The second-order valence-electron chi connectivity index (χ2n) is 11.7. The summed E-state index contributed by atoms with van der Waals surface area (Å²) < 4.78 is 72.6. The Kier molecular flexibility index (Phi) is 16.7. The van der Waals surface area contributed by atoms with Crippen molar-refractivity contribution in [2.45, 2.75) is 161 Å². The van der Waals surface area contributed by atoms with Crippen LogP contribution in [-0.2, 0) is 56.8 Å². The second-order valence-corrected chi connectivity index (χ2v) is 13.1. The standard InChI is InChI=1S/C32H60O12S/c1-10-27(42-30(13-4)36-18-23(7)39-30)33-16-17-45-26(21-34-28(11-2)43-31(14-5)37-19-24(8)40-31)22-35-29(12-3)44-32(15-6)38-20-25(9)41-32/h23-29H,10-22H2,1-9H3. The molecule has 45 heavy (non-hydrogen) atoms.